The number of carboxylic acids is 1. The smallest absolute Gasteiger partial charge is 0.336 e. The van der Waals surface area contributed by atoms with Gasteiger partial charge in [-0.15, -0.1) is 11.3 Å². The zero-order chi connectivity index (χ0) is 14.6. The maximum Gasteiger partial charge on any atom is 0.336 e. The average Bonchev–Trinajstić information content (AvgIpc) is 2.93. The van der Waals surface area contributed by atoms with Crippen molar-refractivity contribution in [3.63, 3.8) is 0 Å². The third-order valence-corrected chi connectivity index (χ3v) is 5.34. The second-order valence-corrected chi connectivity index (χ2v) is 6.95. The number of carboxylic acid groups (broad SMARTS) is 1. The van der Waals surface area contributed by atoms with Gasteiger partial charge in [-0.3, -0.25) is 0 Å². The summed E-state index contributed by atoms with van der Waals surface area (Å²) >= 11 is 5.14. The monoisotopic (exact) mass is 359 g/mol. The summed E-state index contributed by atoms with van der Waals surface area (Å²) in [5, 5.41) is 12.4. The predicted molar refractivity (Wildman–Crippen MR) is 87.1 cm³/mol. The summed E-state index contributed by atoms with van der Waals surface area (Å²) in [4.78, 5) is 17.8. The fourth-order valence-corrected chi connectivity index (χ4v) is 4.20. The van der Waals surface area contributed by atoms with E-state index in [-0.39, 0.29) is 0 Å². The maximum absolute atomic E-state index is 11.8. The standard InChI is InChI=1S/C16H10BrNO2S/c17-8-1-2-9-12(7-8)18-15-10-5-6-21-13(10)4-3-11(15)14(9)16(19)20/h1-2,5-7H,3-4H2,(H,19,20). The minimum absolute atomic E-state index is 0.402. The molecule has 0 unspecified atom stereocenters. The van der Waals surface area contributed by atoms with Crippen LogP contribution in [0.25, 0.3) is 22.2 Å². The van der Waals surface area contributed by atoms with Crippen LogP contribution in [-0.2, 0) is 12.8 Å². The quantitative estimate of drug-likeness (QED) is 0.694. The van der Waals surface area contributed by atoms with Gasteiger partial charge < -0.3 is 5.11 Å². The number of pyridine rings is 1. The highest BCUT2D eigenvalue weighted by atomic mass is 79.9. The molecule has 3 aromatic rings. The number of hydrogen-bond donors (Lipinski definition) is 1. The van der Waals surface area contributed by atoms with E-state index in [2.05, 4.69) is 15.9 Å². The molecule has 21 heavy (non-hydrogen) atoms. The summed E-state index contributed by atoms with van der Waals surface area (Å²) in [5.41, 5.74) is 3.91. The van der Waals surface area contributed by atoms with Crippen LogP contribution in [0.1, 0.15) is 20.8 Å². The molecule has 2 aromatic heterocycles. The van der Waals surface area contributed by atoms with Crippen LogP contribution in [0.5, 0.6) is 0 Å². The van der Waals surface area contributed by atoms with Crippen LogP contribution in [0.3, 0.4) is 0 Å². The van der Waals surface area contributed by atoms with Crippen molar-refractivity contribution in [2.24, 2.45) is 0 Å². The molecule has 0 atom stereocenters. The molecule has 104 valence electrons. The van der Waals surface area contributed by atoms with Crippen LogP contribution in [0.15, 0.2) is 34.1 Å². The van der Waals surface area contributed by atoms with Gasteiger partial charge in [0.15, 0.2) is 0 Å². The molecule has 3 nitrogen and oxygen atoms in total. The Morgan fingerprint density at radius 2 is 2.14 bits per heavy atom. The van der Waals surface area contributed by atoms with Crippen LogP contribution in [0.2, 0.25) is 0 Å². The number of carbonyl (C=O) groups is 1. The number of thiophene rings is 1. The van der Waals surface area contributed by atoms with E-state index in [1.54, 1.807) is 11.3 Å². The highest BCUT2D eigenvalue weighted by Crippen LogP contribution is 2.39. The molecule has 0 spiro atoms. The van der Waals surface area contributed by atoms with Crippen LogP contribution >= 0.6 is 27.3 Å². The highest BCUT2D eigenvalue weighted by Gasteiger charge is 2.26. The average molecular weight is 360 g/mol. The van der Waals surface area contributed by atoms with Gasteiger partial charge in [-0.25, -0.2) is 9.78 Å². The van der Waals surface area contributed by atoms with E-state index in [4.69, 9.17) is 4.98 Å². The van der Waals surface area contributed by atoms with Crippen molar-refractivity contribution in [1.82, 2.24) is 4.98 Å². The van der Waals surface area contributed by atoms with Gasteiger partial charge in [-0.1, -0.05) is 22.0 Å². The van der Waals surface area contributed by atoms with Crippen LogP contribution < -0.4 is 0 Å². The molecule has 5 heteroatoms. The Labute approximate surface area is 133 Å². The minimum atomic E-state index is -0.875. The van der Waals surface area contributed by atoms with Crippen molar-refractivity contribution in [3.8, 4) is 11.3 Å². The second-order valence-electron chi connectivity index (χ2n) is 5.04. The summed E-state index contributed by atoms with van der Waals surface area (Å²) in [6, 6.07) is 7.62. The summed E-state index contributed by atoms with van der Waals surface area (Å²) in [6.45, 7) is 0. The Hall–Kier alpha value is -1.72. The number of aromatic carboxylic acids is 1. The topological polar surface area (TPSA) is 50.2 Å². The van der Waals surface area contributed by atoms with Crippen LogP contribution in [0.4, 0.5) is 0 Å². The second kappa shape index (κ2) is 4.64. The molecule has 0 aliphatic heterocycles. The van der Waals surface area contributed by atoms with Gasteiger partial charge >= 0.3 is 5.97 Å². The Bertz CT molecular complexity index is 901. The van der Waals surface area contributed by atoms with Gasteiger partial charge in [0, 0.05) is 20.3 Å². The molecule has 1 N–H and O–H groups in total. The lowest BCUT2D eigenvalue weighted by Crippen LogP contribution is -2.12. The largest absolute Gasteiger partial charge is 0.478 e. The molecule has 0 amide bonds. The Kier molecular flexibility index (Phi) is 2.87. The molecular weight excluding hydrogens is 350 g/mol. The van der Waals surface area contributed by atoms with Gasteiger partial charge in [0.25, 0.3) is 0 Å². The number of halogens is 1. The van der Waals surface area contributed by atoms with E-state index in [9.17, 15) is 9.90 Å². The van der Waals surface area contributed by atoms with Gasteiger partial charge in [0.05, 0.1) is 16.8 Å². The minimum Gasteiger partial charge on any atom is -0.478 e. The first kappa shape index (κ1) is 13.0. The third-order valence-electron chi connectivity index (χ3n) is 3.87. The molecule has 0 saturated carbocycles. The lowest BCUT2D eigenvalue weighted by molar-refractivity contribution is 0.0698. The van der Waals surface area contributed by atoms with Crippen molar-refractivity contribution in [1.29, 1.82) is 0 Å². The summed E-state index contributed by atoms with van der Waals surface area (Å²) in [5.74, 6) is -0.875. The van der Waals surface area contributed by atoms with Gasteiger partial charge in [0.2, 0.25) is 0 Å². The van der Waals surface area contributed by atoms with Crippen LogP contribution in [0, 0.1) is 0 Å². The molecule has 0 fully saturated rings. The van der Waals surface area contributed by atoms with Crippen molar-refractivity contribution < 1.29 is 9.90 Å². The van der Waals surface area contributed by atoms with E-state index in [1.165, 1.54) is 4.88 Å². The van der Waals surface area contributed by atoms with Gasteiger partial charge in [-0.05, 0) is 42.0 Å². The lowest BCUT2D eigenvalue weighted by atomic mass is 9.89. The van der Waals surface area contributed by atoms with Crippen molar-refractivity contribution >= 4 is 44.1 Å². The molecule has 1 aliphatic carbocycles. The Morgan fingerprint density at radius 1 is 1.29 bits per heavy atom. The number of benzene rings is 1. The number of aromatic nitrogens is 1. The first-order valence-corrected chi connectivity index (χ1v) is 8.24. The number of aryl methyl sites for hydroxylation is 1. The summed E-state index contributed by atoms with van der Waals surface area (Å²) in [7, 11) is 0. The molecule has 0 saturated heterocycles. The number of hydrogen-bond acceptors (Lipinski definition) is 3. The van der Waals surface area contributed by atoms with Crippen molar-refractivity contribution in [2.75, 3.05) is 0 Å². The molecule has 0 radical (unpaired) electrons. The summed E-state index contributed by atoms with van der Waals surface area (Å²) in [6.07, 6.45) is 1.63. The number of rotatable bonds is 1. The Morgan fingerprint density at radius 3 is 2.95 bits per heavy atom. The van der Waals surface area contributed by atoms with Crippen LogP contribution in [-0.4, -0.2) is 16.1 Å². The number of nitrogens with zero attached hydrogens (tertiary/aromatic N) is 1. The maximum atomic E-state index is 11.8. The van der Waals surface area contributed by atoms with E-state index in [0.717, 1.165) is 39.7 Å². The van der Waals surface area contributed by atoms with Crippen molar-refractivity contribution in [3.05, 3.63) is 50.1 Å². The van der Waals surface area contributed by atoms with E-state index in [1.807, 2.05) is 29.6 Å². The molecule has 4 rings (SSSR count). The summed E-state index contributed by atoms with van der Waals surface area (Å²) < 4.78 is 0.903. The van der Waals surface area contributed by atoms with Gasteiger partial charge in [-0.2, -0.15) is 0 Å². The SMILES string of the molecule is O=C(O)c1c2c(nc3cc(Br)ccc13)-c1ccsc1CC2. The normalized spacial score (nSPS) is 13.0. The van der Waals surface area contributed by atoms with E-state index in [0.29, 0.717) is 10.9 Å². The Balaban J connectivity index is 2.16. The van der Waals surface area contributed by atoms with E-state index >= 15 is 0 Å². The molecule has 0 bridgehead atoms. The molecule has 1 aliphatic rings. The highest BCUT2D eigenvalue weighted by molar-refractivity contribution is 9.10. The van der Waals surface area contributed by atoms with Crippen molar-refractivity contribution in [2.45, 2.75) is 12.8 Å². The molecule has 1 aromatic carbocycles. The zero-order valence-corrected chi connectivity index (χ0v) is 13.3. The molecule has 2 heterocycles. The fraction of sp³-hybridized carbons (Fsp3) is 0.125. The van der Waals surface area contributed by atoms with E-state index < -0.39 is 5.97 Å². The molecular formula is C16H10BrNO2S. The lowest BCUT2D eigenvalue weighted by Gasteiger charge is -2.19. The third kappa shape index (κ3) is 1.92. The first-order chi connectivity index (χ1) is 10.1. The number of fused-ring (bicyclic) bond motifs is 4. The van der Waals surface area contributed by atoms with Gasteiger partial charge in [0.1, 0.15) is 0 Å². The fourth-order valence-electron chi connectivity index (χ4n) is 2.97. The first-order valence-electron chi connectivity index (χ1n) is 6.57. The zero-order valence-electron chi connectivity index (χ0n) is 10.9. The predicted octanol–water partition coefficient (Wildman–Crippen LogP) is 4.52.